The van der Waals surface area contributed by atoms with Gasteiger partial charge in [-0.1, -0.05) is 57.7 Å². The molecule has 5 heteroatoms. The number of aliphatic hydroxyl groups excluding tert-OH is 1. The maximum absolute atomic E-state index is 12.2. The Balaban J connectivity index is 2.37. The van der Waals surface area contributed by atoms with Gasteiger partial charge in [0, 0.05) is 6.54 Å². The molecule has 0 fully saturated rings. The van der Waals surface area contributed by atoms with Crippen molar-refractivity contribution in [2.45, 2.75) is 57.5 Å². The van der Waals surface area contributed by atoms with E-state index in [0.717, 1.165) is 25.2 Å². The highest BCUT2D eigenvalue weighted by Crippen LogP contribution is 2.15. The lowest BCUT2D eigenvalue weighted by atomic mass is 10.0. The Morgan fingerprint density at radius 2 is 1.76 bits per heavy atom. The number of hydrogen-bond acceptors (Lipinski definition) is 3. The molecule has 0 spiro atoms. The van der Waals surface area contributed by atoms with Gasteiger partial charge < -0.3 is 5.11 Å². The average molecular weight is 313 g/mol. The van der Waals surface area contributed by atoms with Crippen LogP contribution in [0.2, 0.25) is 0 Å². The van der Waals surface area contributed by atoms with E-state index in [1.54, 1.807) is 18.2 Å². The third kappa shape index (κ3) is 6.59. The molecule has 1 aromatic rings. The molecular weight excluding hydrogens is 286 g/mol. The molecule has 1 aromatic carbocycles. The number of nitrogens with one attached hydrogen (secondary N) is 1. The SMILES string of the molecule is CC(C)CCCCCCNS(=O)(=O)c1ccccc1CO. The molecule has 0 atom stereocenters. The Morgan fingerprint density at radius 1 is 1.10 bits per heavy atom. The molecule has 0 saturated heterocycles. The van der Waals surface area contributed by atoms with Crippen molar-refractivity contribution in [1.82, 2.24) is 4.72 Å². The summed E-state index contributed by atoms with van der Waals surface area (Å²) >= 11 is 0. The second kappa shape index (κ2) is 9.18. The Bertz CT molecular complexity index is 512. The normalized spacial score (nSPS) is 12.0. The minimum atomic E-state index is -3.52. The van der Waals surface area contributed by atoms with Crippen LogP contribution in [0, 0.1) is 5.92 Å². The molecule has 0 unspecified atom stereocenters. The zero-order chi connectivity index (χ0) is 15.7. The van der Waals surface area contributed by atoms with E-state index < -0.39 is 10.0 Å². The minimum absolute atomic E-state index is 0.173. The van der Waals surface area contributed by atoms with Crippen molar-refractivity contribution < 1.29 is 13.5 Å². The quantitative estimate of drug-likeness (QED) is 0.652. The Labute approximate surface area is 128 Å². The fourth-order valence-corrected chi connectivity index (χ4v) is 3.52. The van der Waals surface area contributed by atoms with Crippen LogP contribution in [-0.2, 0) is 16.6 Å². The maximum atomic E-state index is 12.2. The van der Waals surface area contributed by atoms with E-state index in [1.165, 1.54) is 18.9 Å². The van der Waals surface area contributed by atoms with Crippen molar-refractivity contribution in [3.8, 4) is 0 Å². The van der Waals surface area contributed by atoms with E-state index in [4.69, 9.17) is 0 Å². The molecule has 4 nitrogen and oxygen atoms in total. The van der Waals surface area contributed by atoms with Crippen LogP contribution < -0.4 is 4.72 Å². The molecule has 120 valence electrons. The van der Waals surface area contributed by atoms with Crippen LogP contribution in [0.4, 0.5) is 0 Å². The lowest BCUT2D eigenvalue weighted by Crippen LogP contribution is -2.25. The van der Waals surface area contributed by atoms with Crippen LogP contribution >= 0.6 is 0 Å². The molecule has 0 aromatic heterocycles. The van der Waals surface area contributed by atoms with E-state index in [0.29, 0.717) is 12.1 Å². The molecular formula is C16H27NO3S. The number of unbranched alkanes of at least 4 members (excludes halogenated alkanes) is 3. The van der Waals surface area contributed by atoms with Crippen molar-refractivity contribution in [3.05, 3.63) is 29.8 Å². The molecule has 1 rings (SSSR count). The fraction of sp³-hybridized carbons (Fsp3) is 0.625. The third-order valence-corrected chi connectivity index (χ3v) is 4.99. The lowest BCUT2D eigenvalue weighted by Gasteiger charge is -2.10. The topological polar surface area (TPSA) is 66.4 Å². The van der Waals surface area contributed by atoms with Crippen LogP contribution in [0.15, 0.2) is 29.2 Å². The van der Waals surface area contributed by atoms with Crippen molar-refractivity contribution in [2.75, 3.05) is 6.54 Å². The Kier molecular flexibility index (Phi) is 7.93. The predicted octanol–water partition coefficient (Wildman–Crippen LogP) is 3.06. The average Bonchev–Trinajstić information content (AvgIpc) is 2.45. The molecule has 21 heavy (non-hydrogen) atoms. The van der Waals surface area contributed by atoms with E-state index >= 15 is 0 Å². The van der Waals surface area contributed by atoms with Gasteiger partial charge in [-0.3, -0.25) is 0 Å². The summed E-state index contributed by atoms with van der Waals surface area (Å²) in [4.78, 5) is 0.173. The van der Waals surface area contributed by atoms with Crippen molar-refractivity contribution in [3.63, 3.8) is 0 Å². The van der Waals surface area contributed by atoms with Gasteiger partial charge in [-0.25, -0.2) is 13.1 Å². The van der Waals surface area contributed by atoms with Gasteiger partial charge in [-0.05, 0) is 24.0 Å². The Morgan fingerprint density at radius 3 is 2.43 bits per heavy atom. The minimum Gasteiger partial charge on any atom is -0.392 e. The molecule has 0 radical (unpaired) electrons. The van der Waals surface area contributed by atoms with Crippen LogP contribution in [0.5, 0.6) is 0 Å². The van der Waals surface area contributed by atoms with Crippen molar-refractivity contribution >= 4 is 10.0 Å². The summed E-state index contributed by atoms with van der Waals surface area (Å²) in [5.74, 6) is 0.735. The predicted molar refractivity (Wildman–Crippen MR) is 85.5 cm³/mol. The van der Waals surface area contributed by atoms with E-state index in [2.05, 4.69) is 18.6 Å². The molecule has 0 bridgehead atoms. The van der Waals surface area contributed by atoms with E-state index in [-0.39, 0.29) is 11.5 Å². The zero-order valence-corrected chi connectivity index (χ0v) is 13.8. The van der Waals surface area contributed by atoms with Gasteiger partial charge in [0.1, 0.15) is 0 Å². The van der Waals surface area contributed by atoms with Gasteiger partial charge in [0.25, 0.3) is 0 Å². The third-order valence-electron chi connectivity index (χ3n) is 3.43. The van der Waals surface area contributed by atoms with Crippen molar-refractivity contribution in [1.29, 1.82) is 0 Å². The summed E-state index contributed by atoms with van der Waals surface area (Å²) in [6, 6.07) is 6.54. The number of sulfonamides is 1. The molecule has 0 aliphatic carbocycles. The first-order valence-corrected chi connectivity index (χ1v) is 9.14. The first-order chi connectivity index (χ1) is 9.97. The summed E-state index contributed by atoms with van der Waals surface area (Å²) in [5, 5.41) is 9.20. The van der Waals surface area contributed by atoms with Gasteiger partial charge in [-0.2, -0.15) is 0 Å². The van der Waals surface area contributed by atoms with Crippen LogP contribution in [0.3, 0.4) is 0 Å². The van der Waals surface area contributed by atoms with Gasteiger partial charge in [0.15, 0.2) is 0 Å². The zero-order valence-electron chi connectivity index (χ0n) is 13.0. The smallest absolute Gasteiger partial charge is 0.240 e. The van der Waals surface area contributed by atoms with Crippen molar-refractivity contribution in [2.24, 2.45) is 5.92 Å². The summed E-state index contributed by atoms with van der Waals surface area (Å²) in [6.45, 7) is 4.61. The van der Waals surface area contributed by atoms with E-state index in [9.17, 15) is 13.5 Å². The largest absolute Gasteiger partial charge is 0.392 e. The molecule has 0 saturated carbocycles. The number of benzene rings is 1. The highest BCUT2D eigenvalue weighted by molar-refractivity contribution is 7.89. The molecule has 0 heterocycles. The van der Waals surface area contributed by atoms with Crippen LogP contribution in [-0.4, -0.2) is 20.1 Å². The maximum Gasteiger partial charge on any atom is 0.240 e. The highest BCUT2D eigenvalue weighted by atomic mass is 32.2. The lowest BCUT2D eigenvalue weighted by molar-refractivity contribution is 0.278. The highest BCUT2D eigenvalue weighted by Gasteiger charge is 2.16. The number of hydrogen-bond donors (Lipinski definition) is 2. The summed E-state index contributed by atoms with van der Waals surface area (Å²) < 4.78 is 26.9. The van der Waals surface area contributed by atoms with Gasteiger partial charge in [0.2, 0.25) is 10.0 Å². The standard InChI is InChI=1S/C16H27NO3S/c1-14(2)9-5-3-4-8-12-17-21(19,20)16-11-7-6-10-15(16)13-18/h6-7,10-11,14,17-18H,3-5,8-9,12-13H2,1-2H3. The summed E-state index contributed by atoms with van der Waals surface area (Å²) in [6.07, 6.45) is 5.47. The Hall–Kier alpha value is -0.910. The van der Waals surface area contributed by atoms with Gasteiger partial charge in [-0.15, -0.1) is 0 Å². The van der Waals surface area contributed by atoms with Crippen LogP contribution in [0.25, 0.3) is 0 Å². The second-order valence-corrected chi connectivity index (χ2v) is 7.50. The molecule has 0 aliphatic heterocycles. The van der Waals surface area contributed by atoms with Crippen LogP contribution in [0.1, 0.15) is 51.5 Å². The van der Waals surface area contributed by atoms with E-state index in [1.807, 2.05) is 0 Å². The fourth-order valence-electron chi connectivity index (χ4n) is 2.21. The summed E-state index contributed by atoms with van der Waals surface area (Å²) in [5.41, 5.74) is 0.432. The number of rotatable bonds is 10. The second-order valence-electron chi connectivity index (χ2n) is 5.76. The monoisotopic (exact) mass is 313 g/mol. The first kappa shape index (κ1) is 18.1. The van der Waals surface area contributed by atoms with Gasteiger partial charge >= 0.3 is 0 Å². The van der Waals surface area contributed by atoms with Gasteiger partial charge in [0.05, 0.1) is 11.5 Å². The summed E-state index contributed by atoms with van der Waals surface area (Å²) in [7, 11) is -3.52. The molecule has 0 aliphatic rings. The first-order valence-electron chi connectivity index (χ1n) is 7.66. The molecule has 0 amide bonds. The number of aliphatic hydroxyl groups is 1. The molecule has 2 N–H and O–H groups in total.